The zero-order chi connectivity index (χ0) is 16.1. The van der Waals surface area contributed by atoms with Crippen molar-refractivity contribution in [1.82, 2.24) is 15.2 Å². The molecule has 0 saturated carbocycles. The Morgan fingerprint density at radius 1 is 1.30 bits per heavy atom. The van der Waals surface area contributed by atoms with E-state index in [0.29, 0.717) is 13.0 Å². The molecule has 0 spiro atoms. The molecule has 0 radical (unpaired) electrons. The molecule has 2 amide bonds. The molecular weight excluding hydrogens is 313 g/mol. The number of hydrogen-bond acceptors (Lipinski definition) is 3. The van der Waals surface area contributed by atoms with Crippen LogP contribution >= 0.6 is 11.3 Å². The lowest BCUT2D eigenvalue weighted by atomic mass is 10.1. The lowest BCUT2D eigenvalue weighted by molar-refractivity contribution is 0.186. The van der Waals surface area contributed by atoms with E-state index < -0.39 is 0 Å². The molecule has 0 bridgehead atoms. The van der Waals surface area contributed by atoms with Gasteiger partial charge in [-0.25, -0.2) is 14.2 Å². The van der Waals surface area contributed by atoms with Gasteiger partial charge in [0.05, 0.1) is 5.69 Å². The quantitative estimate of drug-likeness (QED) is 0.927. The third-order valence-electron chi connectivity index (χ3n) is 3.92. The van der Waals surface area contributed by atoms with Crippen molar-refractivity contribution in [2.24, 2.45) is 0 Å². The van der Waals surface area contributed by atoms with Crippen LogP contribution < -0.4 is 5.32 Å². The van der Waals surface area contributed by atoms with Gasteiger partial charge < -0.3 is 10.2 Å². The SMILES string of the molecule is O=C(NCCc1csc(-c2cccc(F)c2)n1)N1CCCCC1. The first-order chi connectivity index (χ1) is 11.2. The van der Waals surface area contributed by atoms with Crippen molar-refractivity contribution in [2.75, 3.05) is 19.6 Å². The Hall–Kier alpha value is -1.95. The number of halogens is 1. The highest BCUT2D eigenvalue weighted by Gasteiger charge is 2.15. The number of thiazole rings is 1. The van der Waals surface area contributed by atoms with E-state index in [9.17, 15) is 9.18 Å². The number of likely N-dealkylation sites (tertiary alicyclic amines) is 1. The maximum atomic E-state index is 13.3. The number of amides is 2. The van der Waals surface area contributed by atoms with Crippen molar-refractivity contribution in [1.29, 1.82) is 0 Å². The first-order valence-corrected chi connectivity index (χ1v) is 8.83. The van der Waals surface area contributed by atoms with E-state index in [1.54, 1.807) is 6.07 Å². The van der Waals surface area contributed by atoms with Crippen LogP contribution in [0.1, 0.15) is 25.0 Å². The maximum absolute atomic E-state index is 13.3. The molecule has 1 aliphatic heterocycles. The van der Waals surface area contributed by atoms with Gasteiger partial charge in [-0.3, -0.25) is 0 Å². The summed E-state index contributed by atoms with van der Waals surface area (Å²) in [7, 11) is 0. The van der Waals surface area contributed by atoms with Crippen molar-refractivity contribution in [3.05, 3.63) is 41.2 Å². The highest BCUT2D eigenvalue weighted by Crippen LogP contribution is 2.24. The van der Waals surface area contributed by atoms with Crippen LogP contribution in [0.4, 0.5) is 9.18 Å². The van der Waals surface area contributed by atoms with E-state index >= 15 is 0 Å². The normalized spacial score (nSPS) is 14.7. The van der Waals surface area contributed by atoms with Crippen molar-refractivity contribution in [3.63, 3.8) is 0 Å². The molecule has 0 unspecified atom stereocenters. The van der Waals surface area contributed by atoms with Crippen molar-refractivity contribution >= 4 is 17.4 Å². The average molecular weight is 333 g/mol. The van der Waals surface area contributed by atoms with Crippen molar-refractivity contribution in [3.8, 4) is 10.6 Å². The van der Waals surface area contributed by atoms with Gasteiger partial charge in [-0.15, -0.1) is 11.3 Å². The van der Waals surface area contributed by atoms with Crippen LogP contribution in [-0.4, -0.2) is 35.5 Å². The fourth-order valence-electron chi connectivity index (χ4n) is 2.68. The monoisotopic (exact) mass is 333 g/mol. The van der Waals surface area contributed by atoms with Gasteiger partial charge in [0.2, 0.25) is 0 Å². The number of nitrogens with one attached hydrogen (secondary N) is 1. The second kappa shape index (κ2) is 7.55. The summed E-state index contributed by atoms with van der Waals surface area (Å²) in [5.74, 6) is -0.256. The molecule has 0 atom stereocenters. The van der Waals surface area contributed by atoms with Crippen LogP contribution in [0, 0.1) is 5.82 Å². The summed E-state index contributed by atoms with van der Waals surface area (Å²) < 4.78 is 13.3. The Kier molecular flexibility index (Phi) is 5.23. The first-order valence-electron chi connectivity index (χ1n) is 7.95. The maximum Gasteiger partial charge on any atom is 0.317 e. The van der Waals surface area contributed by atoms with Gasteiger partial charge in [-0.1, -0.05) is 12.1 Å². The minimum atomic E-state index is -0.256. The van der Waals surface area contributed by atoms with E-state index in [-0.39, 0.29) is 11.8 Å². The molecule has 1 aromatic carbocycles. The van der Waals surface area contributed by atoms with E-state index in [1.165, 1.54) is 29.9 Å². The van der Waals surface area contributed by atoms with Crippen LogP contribution in [0.15, 0.2) is 29.6 Å². The predicted molar refractivity (Wildman–Crippen MR) is 90.0 cm³/mol. The summed E-state index contributed by atoms with van der Waals surface area (Å²) in [4.78, 5) is 18.4. The Balaban J connectivity index is 1.50. The Labute approximate surface area is 139 Å². The second-order valence-corrected chi connectivity index (χ2v) is 6.54. The molecule has 2 heterocycles. The lowest BCUT2D eigenvalue weighted by Crippen LogP contribution is -2.43. The number of nitrogens with zero attached hydrogens (tertiary/aromatic N) is 2. The largest absolute Gasteiger partial charge is 0.338 e. The van der Waals surface area contributed by atoms with Gasteiger partial charge in [-0.05, 0) is 31.4 Å². The molecule has 3 rings (SSSR count). The summed E-state index contributed by atoms with van der Waals surface area (Å²) in [5, 5.41) is 5.72. The van der Waals surface area contributed by atoms with Crippen molar-refractivity contribution in [2.45, 2.75) is 25.7 Å². The molecule has 6 heteroatoms. The van der Waals surface area contributed by atoms with Crippen LogP contribution in [0.3, 0.4) is 0 Å². The third kappa shape index (κ3) is 4.28. The van der Waals surface area contributed by atoms with Crippen molar-refractivity contribution < 1.29 is 9.18 Å². The fraction of sp³-hybridized carbons (Fsp3) is 0.412. The molecule has 2 aromatic rings. The van der Waals surface area contributed by atoms with Crippen LogP contribution in [0.25, 0.3) is 10.6 Å². The molecule has 1 aromatic heterocycles. The van der Waals surface area contributed by atoms with Crippen LogP contribution in [-0.2, 0) is 6.42 Å². The molecule has 122 valence electrons. The standard InChI is InChI=1S/C17H20FN3OS/c18-14-6-4-5-13(11-14)16-20-15(12-23-16)7-8-19-17(22)21-9-2-1-3-10-21/h4-6,11-12H,1-3,7-10H2,(H,19,22). The predicted octanol–water partition coefficient (Wildman–Crippen LogP) is 3.69. The van der Waals surface area contributed by atoms with Gasteiger partial charge >= 0.3 is 6.03 Å². The minimum absolute atomic E-state index is 0.0188. The Morgan fingerprint density at radius 3 is 2.91 bits per heavy atom. The molecule has 4 nitrogen and oxygen atoms in total. The fourth-order valence-corrected chi connectivity index (χ4v) is 3.53. The second-order valence-electron chi connectivity index (χ2n) is 5.68. The molecule has 23 heavy (non-hydrogen) atoms. The summed E-state index contributed by atoms with van der Waals surface area (Å²) in [6, 6.07) is 6.47. The number of urea groups is 1. The number of carbonyl (C=O) groups excluding carboxylic acids is 1. The van der Waals surface area contributed by atoms with Crippen LogP contribution in [0.2, 0.25) is 0 Å². The van der Waals surface area contributed by atoms with Gasteiger partial charge in [0.1, 0.15) is 10.8 Å². The summed E-state index contributed by atoms with van der Waals surface area (Å²) in [5.41, 5.74) is 1.71. The van der Waals surface area contributed by atoms with Gasteiger partial charge in [0.25, 0.3) is 0 Å². The Morgan fingerprint density at radius 2 is 2.13 bits per heavy atom. The van der Waals surface area contributed by atoms with E-state index in [0.717, 1.165) is 42.2 Å². The molecule has 1 N–H and O–H groups in total. The molecule has 1 fully saturated rings. The van der Waals surface area contributed by atoms with E-state index in [4.69, 9.17) is 0 Å². The van der Waals surface area contributed by atoms with Gasteiger partial charge in [-0.2, -0.15) is 0 Å². The zero-order valence-electron chi connectivity index (χ0n) is 12.9. The smallest absolute Gasteiger partial charge is 0.317 e. The first kappa shape index (κ1) is 15.9. The number of aromatic nitrogens is 1. The number of hydrogen-bond donors (Lipinski definition) is 1. The number of rotatable bonds is 4. The van der Waals surface area contributed by atoms with E-state index in [2.05, 4.69) is 10.3 Å². The number of carbonyl (C=O) groups is 1. The lowest BCUT2D eigenvalue weighted by Gasteiger charge is -2.26. The number of benzene rings is 1. The average Bonchev–Trinajstić information content (AvgIpc) is 3.04. The summed E-state index contributed by atoms with van der Waals surface area (Å²) >= 11 is 1.50. The molecule has 1 saturated heterocycles. The van der Waals surface area contributed by atoms with Crippen LogP contribution in [0.5, 0.6) is 0 Å². The zero-order valence-corrected chi connectivity index (χ0v) is 13.7. The third-order valence-corrected chi connectivity index (χ3v) is 4.86. The molecular formula is C17H20FN3OS. The number of piperidine rings is 1. The minimum Gasteiger partial charge on any atom is -0.338 e. The Bertz CT molecular complexity index is 667. The highest BCUT2D eigenvalue weighted by molar-refractivity contribution is 7.13. The summed E-state index contributed by atoms with van der Waals surface area (Å²) in [6.45, 7) is 2.28. The summed E-state index contributed by atoms with van der Waals surface area (Å²) in [6.07, 6.45) is 4.09. The van der Waals surface area contributed by atoms with Gasteiger partial charge in [0.15, 0.2) is 0 Å². The molecule has 1 aliphatic rings. The van der Waals surface area contributed by atoms with Gasteiger partial charge in [0, 0.05) is 37.0 Å². The molecule has 0 aliphatic carbocycles. The topological polar surface area (TPSA) is 45.2 Å². The van der Waals surface area contributed by atoms with E-state index in [1.807, 2.05) is 16.3 Å². The highest BCUT2D eigenvalue weighted by atomic mass is 32.1.